The van der Waals surface area contributed by atoms with Crippen LogP contribution in [0.25, 0.3) is 11.5 Å². The highest BCUT2D eigenvalue weighted by molar-refractivity contribution is 8.00. The Kier molecular flexibility index (Phi) is 7.88. The highest BCUT2D eigenvalue weighted by Crippen LogP contribution is 2.35. The Labute approximate surface area is 217 Å². The van der Waals surface area contributed by atoms with E-state index in [1.807, 2.05) is 6.07 Å². The number of nitrogens with zero attached hydrogens (tertiary/aromatic N) is 1. The summed E-state index contributed by atoms with van der Waals surface area (Å²) in [4.78, 5) is 17.0. The van der Waals surface area contributed by atoms with E-state index in [0.717, 1.165) is 11.8 Å². The van der Waals surface area contributed by atoms with E-state index in [2.05, 4.69) is 10.3 Å². The van der Waals surface area contributed by atoms with Gasteiger partial charge in [0.25, 0.3) is 0 Å². The van der Waals surface area contributed by atoms with Crippen molar-refractivity contribution in [2.24, 2.45) is 0 Å². The highest BCUT2D eigenvalue weighted by atomic mass is 35.5. The predicted molar refractivity (Wildman–Crippen MR) is 138 cm³/mol. The van der Waals surface area contributed by atoms with Crippen LogP contribution in [0.2, 0.25) is 5.02 Å². The number of oxazole rings is 1. The zero-order valence-electron chi connectivity index (χ0n) is 19.2. The molecule has 186 valence electrons. The summed E-state index contributed by atoms with van der Waals surface area (Å²) in [7, 11) is -1.04. The zero-order valence-corrected chi connectivity index (χ0v) is 21.6. The van der Waals surface area contributed by atoms with Crippen LogP contribution in [0.5, 0.6) is 11.5 Å². The van der Waals surface area contributed by atoms with Gasteiger partial charge in [-0.15, -0.1) is 0 Å². The van der Waals surface area contributed by atoms with E-state index >= 15 is 0 Å². The van der Waals surface area contributed by atoms with Crippen molar-refractivity contribution in [1.82, 2.24) is 4.98 Å². The summed E-state index contributed by atoms with van der Waals surface area (Å²) >= 11 is 6.84. The van der Waals surface area contributed by atoms with Crippen molar-refractivity contribution in [2.45, 2.75) is 15.0 Å². The molecule has 0 aliphatic carbocycles. The molecule has 0 aliphatic heterocycles. The van der Waals surface area contributed by atoms with Crippen LogP contribution in [-0.4, -0.2) is 39.3 Å². The first-order chi connectivity index (χ1) is 17.3. The Morgan fingerprint density at radius 2 is 1.75 bits per heavy atom. The summed E-state index contributed by atoms with van der Waals surface area (Å²) in [5.41, 5.74) is 1.05. The molecule has 0 spiro atoms. The van der Waals surface area contributed by atoms with Gasteiger partial charge in [0.15, 0.2) is 0 Å². The number of sulfone groups is 1. The van der Waals surface area contributed by atoms with Crippen molar-refractivity contribution < 1.29 is 27.1 Å². The molecule has 1 aromatic heterocycles. The largest absolute Gasteiger partial charge is 0.497 e. The number of benzene rings is 3. The average molecular weight is 545 g/mol. The Hall–Kier alpha value is -3.47. The van der Waals surface area contributed by atoms with Gasteiger partial charge < -0.3 is 19.2 Å². The minimum atomic E-state index is -4.05. The number of hydrogen-bond donors (Lipinski definition) is 1. The Balaban J connectivity index is 1.61. The van der Waals surface area contributed by atoms with Crippen molar-refractivity contribution in [3.63, 3.8) is 0 Å². The lowest BCUT2D eigenvalue weighted by Gasteiger charge is -2.11. The zero-order chi connectivity index (χ0) is 25.7. The highest BCUT2D eigenvalue weighted by Gasteiger charge is 2.29. The second kappa shape index (κ2) is 11.1. The number of methoxy groups -OCH3 is 2. The molecule has 1 amide bonds. The molecule has 4 rings (SSSR count). The Morgan fingerprint density at radius 1 is 1.03 bits per heavy atom. The first-order valence-corrected chi connectivity index (χ1v) is 13.4. The van der Waals surface area contributed by atoms with Crippen LogP contribution in [-0.2, 0) is 14.6 Å². The molecule has 0 saturated carbocycles. The summed E-state index contributed by atoms with van der Waals surface area (Å²) in [5.74, 6) is 0.594. The van der Waals surface area contributed by atoms with Gasteiger partial charge in [0.1, 0.15) is 11.5 Å². The smallest absolute Gasteiger partial charge is 0.234 e. The molecule has 4 aromatic rings. The van der Waals surface area contributed by atoms with Crippen LogP contribution in [0, 0.1) is 0 Å². The average Bonchev–Trinajstić information content (AvgIpc) is 3.34. The maximum atomic E-state index is 13.4. The molecule has 1 heterocycles. The van der Waals surface area contributed by atoms with Crippen molar-refractivity contribution >= 4 is 44.8 Å². The Bertz CT molecular complexity index is 1470. The van der Waals surface area contributed by atoms with Gasteiger partial charge in [0.2, 0.25) is 31.8 Å². The number of halogens is 1. The molecule has 8 nitrogen and oxygen atoms in total. The van der Waals surface area contributed by atoms with E-state index in [1.54, 1.807) is 42.5 Å². The number of rotatable bonds is 9. The van der Waals surface area contributed by atoms with Gasteiger partial charge in [-0.2, -0.15) is 4.98 Å². The molecule has 0 atom stereocenters. The molecule has 0 fully saturated rings. The lowest BCUT2D eigenvalue weighted by Crippen LogP contribution is -2.15. The van der Waals surface area contributed by atoms with Crippen molar-refractivity contribution in [3.05, 3.63) is 77.8 Å². The topological polar surface area (TPSA) is 108 Å². The normalized spacial score (nSPS) is 11.2. The number of aromatic nitrogens is 1. The van der Waals surface area contributed by atoms with E-state index in [-0.39, 0.29) is 26.7 Å². The second-order valence-corrected chi connectivity index (χ2v) is 10.6. The van der Waals surface area contributed by atoms with Gasteiger partial charge in [-0.25, -0.2) is 8.42 Å². The van der Waals surface area contributed by atoms with Crippen LogP contribution in [0.1, 0.15) is 0 Å². The Morgan fingerprint density at radius 3 is 2.42 bits per heavy atom. The number of ether oxygens (including phenoxy) is 2. The number of carbonyl (C=O) groups is 1. The first-order valence-electron chi connectivity index (χ1n) is 10.5. The van der Waals surface area contributed by atoms with Gasteiger partial charge in [-0.05, 0) is 48.5 Å². The number of hydrogen-bond acceptors (Lipinski definition) is 8. The van der Waals surface area contributed by atoms with E-state index in [1.165, 1.54) is 38.5 Å². The SMILES string of the molecule is COc1ccc(NC(=O)CSc2oc(-c3ccccc3)nc2S(=O)(=O)c2ccc(Cl)cc2)c(OC)c1. The second-order valence-electron chi connectivity index (χ2n) is 7.34. The van der Waals surface area contributed by atoms with Crippen molar-refractivity contribution in [1.29, 1.82) is 0 Å². The van der Waals surface area contributed by atoms with Gasteiger partial charge in [-0.3, -0.25) is 4.79 Å². The fraction of sp³-hybridized carbons (Fsp3) is 0.120. The lowest BCUT2D eigenvalue weighted by atomic mass is 10.2. The first kappa shape index (κ1) is 25.6. The van der Waals surface area contributed by atoms with Crippen LogP contribution < -0.4 is 14.8 Å². The van der Waals surface area contributed by atoms with Crippen molar-refractivity contribution in [3.8, 4) is 23.0 Å². The van der Waals surface area contributed by atoms with E-state index in [0.29, 0.717) is 27.8 Å². The van der Waals surface area contributed by atoms with E-state index < -0.39 is 15.7 Å². The molecular formula is C25H21ClN2O6S2. The summed E-state index contributed by atoms with van der Waals surface area (Å²) in [6.45, 7) is 0. The predicted octanol–water partition coefficient (Wildman–Crippen LogP) is 5.58. The molecule has 0 radical (unpaired) electrons. The van der Waals surface area contributed by atoms with E-state index in [9.17, 15) is 13.2 Å². The fourth-order valence-corrected chi connectivity index (χ4v) is 5.66. The summed E-state index contributed by atoms with van der Waals surface area (Å²) in [6.07, 6.45) is 0. The molecule has 0 saturated heterocycles. The molecule has 0 bridgehead atoms. The summed E-state index contributed by atoms with van der Waals surface area (Å²) in [6, 6.07) is 19.6. The fourth-order valence-electron chi connectivity index (χ4n) is 3.20. The summed E-state index contributed by atoms with van der Waals surface area (Å²) in [5, 5.41) is 2.88. The van der Waals surface area contributed by atoms with E-state index in [4.69, 9.17) is 25.5 Å². The van der Waals surface area contributed by atoms with Gasteiger partial charge in [0, 0.05) is 16.7 Å². The minimum absolute atomic E-state index is 0.000601. The maximum absolute atomic E-state index is 13.4. The van der Waals surface area contributed by atoms with Crippen molar-refractivity contribution in [2.75, 3.05) is 25.3 Å². The lowest BCUT2D eigenvalue weighted by molar-refractivity contribution is -0.113. The number of thioether (sulfide) groups is 1. The minimum Gasteiger partial charge on any atom is -0.497 e. The molecule has 11 heteroatoms. The molecule has 3 aromatic carbocycles. The number of nitrogens with one attached hydrogen (secondary N) is 1. The molecule has 1 N–H and O–H groups in total. The third-order valence-corrected chi connectivity index (χ3v) is 7.99. The van der Waals surface area contributed by atoms with Crippen LogP contribution in [0.3, 0.4) is 0 Å². The van der Waals surface area contributed by atoms with Crippen LogP contribution in [0.15, 0.2) is 92.2 Å². The molecular weight excluding hydrogens is 524 g/mol. The third kappa shape index (κ3) is 5.67. The molecule has 0 unspecified atom stereocenters. The molecule has 0 aliphatic rings. The maximum Gasteiger partial charge on any atom is 0.234 e. The standard InChI is InChI=1S/C25H21ClN2O6S2/c1-32-18-10-13-20(21(14-18)33-2)27-22(29)15-35-25-24(28-23(34-25)16-6-4-3-5-7-16)36(30,31)19-11-8-17(26)9-12-19/h3-14H,15H2,1-2H3,(H,27,29). The monoisotopic (exact) mass is 544 g/mol. The molecule has 36 heavy (non-hydrogen) atoms. The summed E-state index contributed by atoms with van der Waals surface area (Å²) < 4.78 is 43.1. The van der Waals surface area contributed by atoms with Crippen LogP contribution >= 0.6 is 23.4 Å². The number of amides is 1. The quantitative estimate of drug-likeness (QED) is 0.272. The van der Waals surface area contributed by atoms with Gasteiger partial charge >= 0.3 is 0 Å². The van der Waals surface area contributed by atoms with Gasteiger partial charge in [0.05, 0.1) is 30.6 Å². The van der Waals surface area contributed by atoms with Crippen LogP contribution in [0.4, 0.5) is 5.69 Å². The van der Waals surface area contributed by atoms with Gasteiger partial charge in [-0.1, -0.05) is 41.6 Å². The number of anilines is 1. The third-order valence-electron chi connectivity index (χ3n) is 4.98. The number of carbonyl (C=O) groups excluding carboxylic acids is 1.